The van der Waals surface area contributed by atoms with E-state index in [9.17, 15) is 4.79 Å². The predicted octanol–water partition coefficient (Wildman–Crippen LogP) is 6.69. The van der Waals surface area contributed by atoms with Gasteiger partial charge in [0.2, 0.25) is 0 Å². The normalized spacial score (nSPS) is 20.9. The van der Waals surface area contributed by atoms with E-state index >= 15 is 0 Å². The summed E-state index contributed by atoms with van der Waals surface area (Å²) >= 11 is 1.75. The fraction of sp³-hybridized carbons (Fsp3) is 0.440. The highest BCUT2D eigenvalue weighted by Gasteiger charge is 2.24. The Labute approximate surface area is 178 Å². The van der Waals surface area contributed by atoms with Gasteiger partial charge in [0.1, 0.15) is 0 Å². The van der Waals surface area contributed by atoms with Crippen molar-refractivity contribution in [3.05, 3.63) is 53.1 Å². The molecule has 1 aliphatic heterocycles. The van der Waals surface area contributed by atoms with E-state index in [-0.39, 0.29) is 11.9 Å². The molecular weight excluding hydrogens is 376 g/mol. The van der Waals surface area contributed by atoms with Crippen LogP contribution >= 0.6 is 11.8 Å². The van der Waals surface area contributed by atoms with Crippen LogP contribution in [0.5, 0.6) is 0 Å². The topological polar surface area (TPSA) is 41.5 Å². The van der Waals surface area contributed by atoms with Crippen LogP contribution in [0.3, 0.4) is 0 Å². The zero-order valence-corrected chi connectivity index (χ0v) is 18.4. The lowest BCUT2D eigenvalue weighted by Crippen LogP contribution is -2.41. The quantitative estimate of drug-likeness (QED) is 0.614. The molecule has 152 valence electrons. The Morgan fingerprint density at radius 1 is 1.14 bits per heavy atom. The molecule has 2 aromatic rings. The summed E-state index contributed by atoms with van der Waals surface area (Å²) in [7, 11) is 0. The zero-order chi connectivity index (χ0) is 20.4. The van der Waals surface area contributed by atoms with E-state index < -0.39 is 0 Å². The average Bonchev–Trinajstić information content (AvgIpc) is 2.86. The van der Waals surface area contributed by atoms with E-state index in [1.54, 1.807) is 11.8 Å². The number of hydrogen-bond donors (Lipinski definition) is 1. The molecule has 4 rings (SSSR count). The van der Waals surface area contributed by atoms with Gasteiger partial charge in [0.05, 0.1) is 5.69 Å². The molecule has 0 unspecified atom stereocenters. The van der Waals surface area contributed by atoms with E-state index in [1.165, 1.54) is 35.3 Å². The minimum Gasteiger partial charge on any atom is -0.349 e. The maximum atomic E-state index is 12.9. The zero-order valence-electron chi connectivity index (χ0n) is 17.6. The summed E-state index contributed by atoms with van der Waals surface area (Å²) in [5.74, 6) is 0.581. The maximum absolute atomic E-state index is 12.9. The second-order valence-corrected chi connectivity index (χ2v) is 9.52. The number of carbonyl (C=O) groups is 1. The number of aliphatic imine (C=N–C) groups is 1. The summed E-state index contributed by atoms with van der Waals surface area (Å²) in [5.41, 5.74) is 5.23. The molecule has 1 saturated carbocycles. The summed E-state index contributed by atoms with van der Waals surface area (Å²) in [6, 6.07) is 12.9. The van der Waals surface area contributed by atoms with Gasteiger partial charge in [-0.3, -0.25) is 9.79 Å². The highest BCUT2D eigenvalue weighted by molar-refractivity contribution is 7.99. The van der Waals surface area contributed by atoms with Crippen LogP contribution in [0.4, 0.5) is 5.69 Å². The van der Waals surface area contributed by atoms with Gasteiger partial charge in [-0.25, -0.2) is 0 Å². The summed E-state index contributed by atoms with van der Waals surface area (Å²) < 4.78 is 0. The molecule has 0 saturated heterocycles. The second-order valence-electron chi connectivity index (χ2n) is 8.43. The van der Waals surface area contributed by atoms with Crippen molar-refractivity contribution in [2.75, 3.05) is 0 Å². The maximum Gasteiger partial charge on any atom is 0.251 e. The molecule has 0 bridgehead atoms. The summed E-state index contributed by atoms with van der Waals surface area (Å²) in [4.78, 5) is 20.3. The highest BCUT2D eigenvalue weighted by Crippen LogP contribution is 2.41. The van der Waals surface area contributed by atoms with Crippen molar-refractivity contribution in [3.63, 3.8) is 0 Å². The van der Waals surface area contributed by atoms with Crippen molar-refractivity contribution < 1.29 is 4.79 Å². The molecule has 2 atom stereocenters. The third kappa shape index (κ3) is 4.42. The van der Waals surface area contributed by atoms with Gasteiger partial charge < -0.3 is 5.32 Å². The number of carbonyl (C=O) groups excluding carboxylic acids is 1. The number of rotatable bonds is 4. The third-order valence-corrected chi connectivity index (χ3v) is 7.20. The molecule has 2 aromatic carbocycles. The minimum absolute atomic E-state index is 0.0291. The van der Waals surface area contributed by atoms with E-state index in [1.807, 2.05) is 12.1 Å². The smallest absolute Gasteiger partial charge is 0.251 e. The van der Waals surface area contributed by atoms with Crippen LogP contribution in [0.2, 0.25) is 0 Å². The molecule has 1 N–H and O–H groups in total. The summed E-state index contributed by atoms with van der Waals surface area (Å²) in [5, 5.41) is 3.27. The van der Waals surface area contributed by atoms with Crippen LogP contribution in [-0.4, -0.2) is 17.7 Å². The molecule has 0 spiro atoms. The van der Waals surface area contributed by atoms with E-state index in [0.29, 0.717) is 11.5 Å². The van der Waals surface area contributed by atoms with E-state index in [0.717, 1.165) is 35.6 Å². The molecule has 0 aromatic heterocycles. The minimum atomic E-state index is 0.0291. The van der Waals surface area contributed by atoms with Crippen molar-refractivity contribution >= 4 is 29.1 Å². The van der Waals surface area contributed by atoms with Crippen LogP contribution in [0.15, 0.2) is 51.2 Å². The lowest BCUT2D eigenvalue weighted by Gasteiger charge is -2.29. The molecule has 3 nitrogen and oxygen atoms in total. The largest absolute Gasteiger partial charge is 0.349 e. The third-order valence-electron chi connectivity index (χ3n) is 6.06. The van der Waals surface area contributed by atoms with Crippen molar-refractivity contribution in [1.29, 1.82) is 0 Å². The van der Waals surface area contributed by atoms with E-state index in [2.05, 4.69) is 50.4 Å². The molecule has 1 heterocycles. The second kappa shape index (κ2) is 8.74. The van der Waals surface area contributed by atoms with Gasteiger partial charge in [0, 0.05) is 32.7 Å². The first-order chi connectivity index (χ1) is 14.0. The van der Waals surface area contributed by atoms with Gasteiger partial charge in [-0.2, -0.15) is 0 Å². The highest BCUT2D eigenvalue weighted by atomic mass is 32.2. The molecular formula is C25H30N2OS. The van der Waals surface area contributed by atoms with Gasteiger partial charge >= 0.3 is 0 Å². The first kappa shape index (κ1) is 20.2. The van der Waals surface area contributed by atoms with Crippen LogP contribution in [0, 0.1) is 12.8 Å². The van der Waals surface area contributed by atoms with Gasteiger partial charge in [-0.15, -0.1) is 0 Å². The van der Waals surface area contributed by atoms with Crippen LogP contribution in [0.25, 0.3) is 0 Å². The number of benzene rings is 2. The van der Waals surface area contributed by atoms with Crippen molar-refractivity contribution in [3.8, 4) is 0 Å². The Hall–Kier alpha value is -2.07. The van der Waals surface area contributed by atoms with Crippen molar-refractivity contribution in [2.45, 2.75) is 75.1 Å². The van der Waals surface area contributed by atoms with Crippen LogP contribution in [0.1, 0.15) is 73.9 Å². The van der Waals surface area contributed by atoms with Gasteiger partial charge in [-0.1, -0.05) is 56.5 Å². The molecule has 29 heavy (non-hydrogen) atoms. The molecule has 1 aliphatic carbocycles. The van der Waals surface area contributed by atoms with Crippen LogP contribution < -0.4 is 5.32 Å². The molecule has 4 heteroatoms. The number of aryl methyl sites for hydroxylation is 1. The fourth-order valence-corrected chi connectivity index (χ4v) is 5.33. The number of hydrogen-bond acceptors (Lipinski definition) is 3. The van der Waals surface area contributed by atoms with Crippen molar-refractivity contribution in [2.24, 2.45) is 10.9 Å². The Kier molecular flexibility index (Phi) is 6.09. The number of nitrogens with one attached hydrogen (secondary N) is 1. The van der Waals surface area contributed by atoms with Crippen LogP contribution in [-0.2, 0) is 0 Å². The Morgan fingerprint density at radius 2 is 1.93 bits per heavy atom. The summed E-state index contributed by atoms with van der Waals surface area (Å²) in [6.45, 7) is 6.56. The fourth-order valence-electron chi connectivity index (χ4n) is 4.32. The van der Waals surface area contributed by atoms with E-state index in [4.69, 9.17) is 4.99 Å². The monoisotopic (exact) mass is 406 g/mol. The Morgan fingerprint density at radius 3 is 2.72 bits per heavy atom. The average molecular weight is 407 g/mol. The first-order valence-electron chi connectivity index (χ1n) is 10.9. The van der Waals surface area contributed by atoms with Gasteiger partial charge in [0.15, 0.2) is 0 Å². The molecule has 2 aliphatic rings. The Balaban J connectivity index is 1.65. The molecule has 0 radical (unpaired) electrons. The molecule has 1 amide bonds. The molecule has 1 fully saturated rings. The Bertz CT molecular complexity index is 950. The summed E-state index contributed by atoms with van der Waals surface area (Å²) in [6.07, 6.45) is 6.75. The number of fused-ring (bicyclic) bond motifs is 2. The number of nitrogens with zero attached hydrogens (tertiary/aromatic N) is 1. The van der Waals surface area contributed by atoms with Crippen molar-refractivity contribution in [1.82, 2.24) is 5.32 Å². The van der Waals surface area contributed by atoms with Gasteiger partial charge in [-0.05, 0) is 62.4 Å². The lowest BCUT2D eigenvalue weighted by atomic mass is 9.86. The SMILES string of the molecule is CCCC1=Nc2cc(C(=O)N[C@H]3CCCC[C@@H]3C)ccc2Sc2ccc(C)cc21. The predicted molar refractivity (Wildman–Crippen MR) is 122 cm³/mol. The van der Waals surface area contributed by atoms with Gasteiger partial charge in [0.25, 0.3) is 5.91 Å². The standard InChI is InChI=1S/C25H30N2OS/c1-4-7-21-19-14-16(2)10-12-23(19)29-24-13-11-18(15-22(24)26-21)25(28)27-20-9-6-5-8-17(20)3/h10-15,17,20H,4-9H2,1-3H3,(H,27,28)/t17-,20-/m0/s1. The first-order valence-corrected chi connectivity index (χ1v) is 11.7. The number of amides is 1. The lowest BCUT2D eigenvalue weighted by molar-refractivity contribution is 0.0910.